The Morgan fingerprint density at radius 2 is 1.96 bits per heavy atom. The van der Waals surface area contributed by atoms with Crippen LogP contribution in [0.15, 0.2) is 24.3 Å². The largest absolute Gasteiger partial charge is 0.497 e. The molecule has 2 aliphatic heterocycles. The fourth-order valence-corrected chi connectivity index (χ4v) is 5.71. The Labute approximate surface area is 139 Å². The van der Waals surface area contributed by atoms with Crippen LogP contribution in [0.2, 0.25) is 0 Å². The normalized spacial score (nSPS) is 27.2. The van der Waals surface area contributed by atoms with E-state index in [9.17, 15) is 8.42 Å². The lowest BCUT2D eigenvalue weighted by atomic mass is 10.0. The van der Waals surface area contributed by atoms with Crippen LogP contribution in [-0.4, -0.2) is 43.8 Å². The Bertz CT molecular complexity index is 647. The predicted molar refractivity (Wildman–Crippen MR) is 90.6 cm³/mol. The van der Waals surface area contributed by atoms with Crippen LogP contribution in [0.4, 0.5) is 0 Å². The monoisotopic (exact) mass is 338 g/mol. The van der Waals surface area contributed by atoms with Gasteiger partial charge in [-0.05, 0) is 49.3 Å². The first kappa shape index (κ1) is 16.7. The second kappa shape index (κ2) is 6.79. The fraction of sp³-hybridized carbons (Fsp3) is 0.647. The van der Waals surface area contributed by atoms with Crippen molar-refractivity contribution in [3.05, 3.63) is 29.8 Å². The Morgan fingerprint density at radius 1 is 1.17 bits per heavy atom. The number of nitrogens with zero attached hydrogens (tertiary/aromatic N) is 2. The minimum absolute atomic E-state index is 0.0765. The summed E-state index contributed by atoms with van der Waals surface area (Å²) in [5.74, 6) is 1.22. The summed E-state index contributed by atoms with van der Waals surface area (Å²) in [4.78, 5) is 0. The number of piperidine rings is 1. The first-order valence-corrected chi connectivity index (χ1v) is 9.83. The van der Waals surface area contributed by atoms with Crippen LogP contribution in [-0.2, 0) is 10.2 Å². The second-order valence-electron chi connectivity index (χ2n) is 6.66. The van der Waals surface area contributed by atoms with E-state index in [1.54, 1.807) is 15.7 Å². The van der Waals surface area contributed by atoms with Crippen molar-refractivity contribution in [2.75, 3.05) is 26.7 Å². The van der Waals surface area contributed by atoms with Crippen molar-refractivity contribution < 1.29 is 13.2 Å². The molecule has 2 fully saturated rings. The van der Waals surface area contributed by atoms with Crippen LogP contribution in [0.3, 0.4) is 0 Å². The van der Waals surface area contributed by atoms with Gasteiger partial charge in [0.1, 0.15) is 5.75 Å². The van der Waals surface area contributed by atoms with Gasteiger partial charge in [-0.25, -0.2) is 0 Å². The van der Waals surface area contributed by atoms with Gasteiger partial charge in [-0.1, -0.05) is 19.1 Å². The number of benzene rings is 1. The molecule has 0 radical (unpaired) electrons. The van der Waals surface area contributed by atoms with E-state index >= 15 is 0 Å². The molecule has 3 rings (SSSR count). The summed E-state index contributed by atoms with van der Waals surface area (Å²) < 4.78 is 34.8. The van der Waals surface area contributed by atoms with Gasteiger partial charge in [0.05, 0.1) is 13.2 Å². The van der Waals surface area contributed by atoms with Gasteiger partial charge in [-0.15, -0.1) is 0 Å². The zero-order valence-corrected chi connectivity index (χ0v) is 14.8. The summed E-state index contributed by atoms with van der Waals surface area (Å²) in [5.41, 5.74) is 1.02. The Balaban J connectivity index is 1.85. The van der Waals surface area contributed by atoms with E-state index in [0.29, 0.717) is 25.6 Å². The van der Waals surface area contributed by atoms with Crippen molar-refractivity contribution in [2.24, 2.45) is 5.92 Å². The van der Waals surface area contributed by atoms with Crippen LogP contribution in [0.25, 0.3) is 0 Å². The molecule has 1 aromatic rings. The summed E-state index contributed by atoms with van der Waals surface area (Å²) in [5, 5.41) is 0. The van der Waals surface area contributed by atoms with Crippen LogP contribution in [0.1, 0.15) is 44.2 Å². The predicted octanol–water partition coefficient (Wildman–Crippen LogP) is 2.81. The van der Waals surface area contributed by atoms with E-state index < -0.39 is 10.2 Å². The Hall–Kier alpha value is -1.11. The lowest BCUT2D eigenvalue weighted by molar-refractivity contribution is 0.254. The molecule has 5 nitrogen and oxygen atoms in total. The summed E-state index contributed by atoms with van der Waals surface area (Å²) in [6, 6.07) is 7.70. The SMILES string of the molecule is COc1cccc([C@@H]2CCCN2S(=O)(=O)N2CCC[C@@H](C)C2)c1. The molecule has 2 saturated heterocycles. The van der Waals surface area contributed by atoms with Crippen molar-refractivity contribution in [1.82, 2.24) is 8.61 Å². The number of ether oxygens (including phenoxy) is 1. The molecule has 2 heterocycles. The zero-order valence-electron chi connectivity index (χ0n) is 13.9. The van der Waals surface area contributed by atoms with Crippen molar-refractivity contribution in [2.45, 2.75) is 38.6 Å². The fourth-order valence-electron chi connectivity index (χ4n) is 3.70. The van der Waals surface area contributed by atoms with Gasteiger partial charge in [0, 0.05) is 19.6 Å². The molecule has 128 valence electrons. The highest BCUT2D eigenvalue weighted by atomic mass is 32.2. The molecule has 0 saturated carbocycles. The summed E-state index contributed by atoms with van der Waals surface area (Å²) >= 11 is 0. The quantitative estimate of drug-likeness (QED) is 0.848. The second-order valence-corrected chi connectivity index (χ2v) is 8.54. The van der Waals surface area contributed by atoms with E-state index in [1.165, 1.54) is 0 Å². The van der Waals surface area contributed by atoms with Crippen LogP contribution < -0.4 is 4.74 Å². The highest BCUT2D eigenvalue weighted by Crippen LogP contribution is 2.37. The smallest absolute Gasteiger partial charge is 0.282 e. The highest BCUT2D eigenvalue weighted by Gasteiger charge is 2.39. The van der Waals surface area contributed by atoms with E-state index in [4.69, 9.17) is 4.74 Å². The maximum atomic E-state index is 13.1. The summed E-state index contributed by atoms with van der Waals surface area (Å²) in [6.07, 6.45) is 3.85. The minimum atomic E-state index is -3.39. The molecule has 1 aromatic carbocycles. The molecular formula is C17H26N2O3S. The van der Waals surface area contributed by atoms with Crippen molar-refractivity contribution >= 4 is 10.2 Å². The minimum Gasteiger partial charge on any atom is -0.497 e. The van der Waals surface area contributed by atoms with Crippen molar-refractivity contribution in [3.8, 4) is 5.75 Å². The van der Waals surface area contributed by atoms with Gasteiger partial charge in [-0.2, -0.15) is 17.0 Å². The molecule has 23 heavy (non-hydrogen) atoms. The zero-order chi connectivity index (χ0) is 16.4. The average molecular weight is 338 g/mol. The maximum Gasteiger partial charge on any atom is 0.282 e. The standard InChI is InChI=1S/C17H26N2O3S/c1-14-6-4-10-18(13-14)23(20,21)19-11-5-9-17(19)15-7-3-8-16(12-15)22-2/h3,7-8,12,14,17H,4-6,9-11,13H2,1-2H3/t14-,17+/m1/s1. The van der Waals surface area contributed by atoms with E-state index in [0.717, 1.165) is 37.0 Å². The van der Waals surface area contributed by atoms with Gasteiger partial charge in [0.15, 0.2) is 0 Å². The third-order valence-electron chi connectivity index (χ3n) is 4.92. The molecule has 0 aromatic heterocycles. The number of methoxy groups -OCH3 is 1. The summed E-state index contributed by atoms with van der Waals surface area (Å²) in [7, 11) is -1.75. The van der Waals surface area contributed by atoms with Crippen LogP contribution >= 0.6 is 0 Å². The first-order valence-electron chi connectivity index (χ1n) is 8.43. The van der Waals surface area contributed by atoms with Gasteiger partial charge in [-0.3, -0.25) is 0 Å². The lowest BCUT2D eigenvalue weighted by Crippen LogP contribution is -2.47. The molecule has 0 aliphatic carbocycles. The molecule has 0 amide bonds. The molecule has 0 spiro atoms. The Morgan fingerprint density at radius 3 is 2.70 bits per heavy atom. The average Bonchev–Trinajstić information content (AvgIpc) is 3.05. The lowest BCUT2D eigenvalue weighted by Gasteiger charge is -2.35. The Kier molecular flexibility index (Phi) is 4.94. The van der Waals surface area contributed by atoms with Crippen molar-refractivity contribution in [1.29, 1.82) is 0 Å². The summed E-state index contributed by atoms with van der Waals surface area (Å²) in [6.45, 7) is 4.03. The molecule has 2 atom stereocenters. The third kappa shape index (κ3) is 3.39. The maximum absolute atomic E-state index is 13.1. The number of hydrogen-bond donors (Lipinski definition) is 0. The van der Waals surface area contributed by atoms with Gasteiger partial charge in [0.25, 0.3) is 10.2 Å². The van der Waals surface area contributed by atoms with Gasteiger partial charge >= 0.3 is 0 Å². The molecular weight excluding hydrogens is 312 g/mol. The van der Waals surface area contributed by atoms with E-state index in [1.807, 2.05) is 24.3 Å². The first-order chi connectivity index (χ1) is 11.0. The highest BCUT2D eigenvalue weighted by molar-refractivity contribution is 7.86. The number of rotatable bonds is 4. The van der Waals surface area contributed by atoms with E-state index in [2.05, 4.69) is 6.92 Å². The van der Waals surface area contributed by atoms with E-state index in [-0.39, 0.29) is 6.04 Å². The molecule has 0 bridgehead atoms. The third-order valence-corrected chi connectivity index (χ3v) is 6.94. The topological polar surface area (TPSA) is 49.9 Å². The molecule has 2 aliphatic rings. The number of hydrogen-bond acceptors (Lipinski definition) is 3. The van der Waals surface area contributed by atoms with Crippen LogP contribution in [0.5, 0.6) is 5.75 Å². The van der Waals surface area contributed by atoms with Crippen LogP contribution in [0, 0.1) is 5.92 Å². The van der Waals surface area contributed by atoms with Gasteiger partial charge in [0.2, 0.25) is 0 Å². The molecule has 6 heteroatoms. The van der Waals surface area contributed by atoms with Crippen molar-refractivity contribution in [3.63, 3.8) is 0 Å². The molecule has 0 N–H and O–H groups in total. The molecule has 0 unspecified atom stereocenters. The van der Waals surface area contributed by atoms with Gasteiger partial charge < -0.3 is 4.74 Å².